The van der Waals surface area contributed by atoms with Gasteiger partial charge in [-0.25, -0.2) is 0 Å². The topological polar surface area (TPSA) is 47.6 Å². The summed E-state index contributed by atoms with van der Waals surface area (Å²) in [5.74, 6) is 1.47. The van der Waals surface area contributed by atoms with Gasteiger partial charge in [-0.05, 0) is 55.2 Å². The highest BCUT2D eigenvalue weighted by Gasteiger charge is 2.51. The SMILES string of the molecule is Cc1ccc(Cl)cc1NC(=O)C1(c2ccc3c(c2)OCCO3)CC1. The Kier molecular flexibility index (Phi) is 3.65. The Labute approximate surface area is 145 Å². The van der Waals surface area contributed by atoms with Crippen molar-refractivity contribution in [3.05, 3.63) is 52.5 Å². The molecule has 1 heterocycles. The van der Waals surface area contributed by atoms with Crippen LogP contribution in [-0.4, -0.2) is 19.1 Å². The van der Waals surface area contributed by atoms with Crippen LogP contribution in [0.5, 0.6) is 11.5 Å². The van der Waals surface area contributed by atoms with Crippen LogP contribution in [0.2, 0.25) is 5.02 Å². The van der Waals surface area contributed by atoms with E-state index in [1.807, 2.05) is 37.3 Å². The molecule has 1 fully saturated rings. The molecule has 0 spiro atoms. The zero-order chi connectivity index (χ0) is 16.7. The van der Waals surface area contributed by atoms with Crippen molar-refractivity contribution in [2.45, 2.75) is 25.2 Å². The number of halogens is 1. The molecular formula is C19H18ClNO3. The monoisotopic (exact) mass is 343 g/mol. The second-order valence-corrected chi connectivity index (χ2v) is 6.79. The number of fused-ring (bicyclic) bond motifs is 1. The Morgan fingerprint density at radius 2 is 1.83 bits per heavy atom. The molecule has 5 heteroatoms. The lowest BCUT2D eigenvalue weighted by atomic mass is 9.94. The van der Waals surface area contributed by atoms with Gasteiger partial charge in [0.05, 0.1) is 5.41 Å². The second kappa shape index (κ2) is 5.71. The van der Waals surface area contributed by atoms with Crippen LogP contribution in [0.15, 0.2) is 36.4 Å². The molecule has 124 valence electrons. The molecule has 4 nitrogen and oxygen atoms in total. The van der Waals surface area contributed by atoms with Gasteiger partial charge in [0.25, 0.3) is 0 Å². The maximum absolute atomic E-state index is 12.9. The zero-order valence-electron chi connectivity index (χ0n) is 13.4. The molecule has 0 radical (unpaired) electrons. The van der Waals surface area contributed by atoms with E-state index in [-0.39, 0.29) is 5.91 Å². The molecule has 0 atom stereocenters. The van der Waals surface area contributed by atoms with Crippen molar-refractivity contribution in [1.29, 1.82) is 0 Å². The lowest BCUT2D eigenvalue weighted by Crippen LogP contribution is -2.28. The molecular weight excluding hydrogens is 326 g/mol. The van der Waals surface area contributed by atoms with Crippen LogP contribution in [0.3, 0.4) is 0 Å². The average Bonchev–Trinajstić information content (AvgIpc) is 3.40. The van der Waals surface area contributed by atoms with E-state index in [9.17, 15) is 4.79 Å². The van der Waals surface area contributed by atoms with E-state index in [0.717, 1.165) is 41.2 Å². The minimum atomic E-state index is -0.482. The van der Waals surface area contributed by atoms with Crippen LogP contribution in [0.25, 0.3) is 0 Å². The van der Waals surface area contributed by atoms with Crippen LogP contribution in [-0.2, 0) is 10.2 Å². The van der Waals surface area contributed by atoms with Gasteiger partial charge in [0, 0.05) is 10.7 Å². The first kappa shape index (κ1) is 15.3. The van der Waals surface area contributed by atoms with Gasteiger partial charge in [0.1, 0.15) is 13.2 Å². The van der Waals surface area contributed by atoms with Crippen LogP contribution < -0.4 is 14.8 Å². The predicted octanol–water partition coefficient (Wildman–Crippen LogP) is 4.09. The summed E-state index contributed by atoms with van der Waals surface area (Å²) < 4.78 is 11.2. The number of carbonyl (C=O) groups excluding carboxylic acids is 1. The van der Waals surface area contributed by atoms with E-state index in [0.29, 0.717) is 18.2 Å². The molecule has 1 N–H and O–H groups in total. The molecule has 2 aromatic rings. The van der Waals surface area contributed by atoms with Gasteiger partial charge in [-0.1, -0.05) is 23.7 Å². The van der Waals surface area contributed by atoms with Crippen molar-refractivity contribution < 1.29 is 14.3 Å². The van der Waals surface area contributed by atoms with Gasteiger partial charge in [-0.2, -0.15) is 0 Å². The van der Waals surface area contributed by atoms with Crippen molar-refractivity contribution >= 4 is 23.2 Å². The first-order valence-corrected chi connectivity index (χ1v) is 8.44. The molecule has 1 amide bonds. The third-order valence-electron chi connectivity index (χ3n) is 4.73. The smallest absolute Gasteiger partial charge is 0.235 e. The summed E-state index contributed by atoms with van der Waals surface area (Å²) in [6, 6.07) is 11.3. The maximum atomic E-state index is 12.9. The van der Waals surface area contributed by atoms with E-state index in [1.165, 1.54) is 0 Å². The maximum Gasteiger partial charge on any atom is 0.235 e. The van der Waals surface area contributed by atoms with Crippen LogP contribution in [0, 0.1) is 6.92 Å². The van der Waals surface area contributed by atoms with Crippen molar-refractivity contribution in [1.82, 2.24) is 0 Å². The fourth-order valence-corrected chi connectivity index (χ4v) is 3.26. The number of aryl methyl sites for hydroxylation is 1. The van der Waals surface area contributed by atoms with E-state index < -0.39 is 5.41 Å². The molecule has 4 rings (SSSR count). The summed E-state index contributed by atoms with van der Waals surface area (Å²) in [6.07, 6.45) is 1.66. The van der Waals surface area contributed by atoms with Gasteiger partial charge < -0.3 is 14.8 Å². The van der Waals surface area contributed by atoms with Crippen molar-refractivity contribution in [2.75, 3.05) is 18.5 Å². The van der Waals surface area contributed by atoms with Gasteiger partial charge in [-0.3, -0.25) is 4.79 Å². The average molecular weight is 344 g/mol. The van der Waals surface area contributed by atoms with Crippen molar-refractivity contribution in [3.8, 4) is 11.5 Å². The summed E-state index contributed by atoms with van der Waals surface area (Å²) >= 11 is 6.04. The summed E-state index contributed by atoms with van der Waals surface area (Å²) in [5, 5.41) is 3.65. The Bertz CT molecular complexity index is 814. The van der Waals surface area contributed by atoms with Crippen LogP contribution in [0.4, 0.5) is 5.69 Å². The molecule has 0 unspecified atom stereocenters. The number of amides is 1. The zero-order valence-corrected chi connectivity index (χ0v) is 14.2. The Hall–Kier alpha value is -2.20. The summed E-state index contributed by atoms with van der Waals surface area (Å²) in [4.78, 5) is 12.9. The van der Waals surface area contributed by atoms with Gasteiger partial charge in [0.2, 0.25) is 5.91 Å². The molecule has 2 aromatic carbocycles. The molecule has 24 heavy (non-hydrogen) atoms. The van der Waals surface area contributed by atoms with Gasteiger partial charge in [-0.15, -0.1) is 0 Å². The molecule has 0 bridgehead atoms. The van der Waals surface area contributed by atoms with E-state index in [4.69, 9.17) is 21.1 Å². The highest BCUT2D eigenvalue weighted by molar-refractivity contribution is 6.31. The van der Waals surface area contributed by atoms with Gasteiger partial charge >= 0.3 is 0 Å². The Balaban J connectivity index is 1.61. The number of hydrogen-bond donors (Lipinski definition) is 1. The fourth-order valence-electron chi connectivity index (χ4n) is 3.08. The van der Waals surface area contributed by atoms with E-state index >= 15 is 0 Å². The number of anilines is 1. The standard InChI is InChI=1S/C19H18ClNO3/c1-12-2-4-14(20)11-15(12)21-18(22)19(6-7-19)13-3-5-16-17(10-13)24-9-8-23-16/h2-5,10-11H,6-9H2,1H3,(H,21,22). The number of benzene rings is 2. The largest absolute Gasteiger partial charge is 0.486 e. The minimum absolute atomic E-state index is 0.00421. The molecule has 2 aliphatic rings. The highest BCUT2D eigenvalue weighted by Crippen LogP contribution is 2.51. The third-order valence-corrected chi connectivity index (χ3v) is 4.96. The summed E-state index contributed by atoms with van der Waals surface area (Å²) in [7, 11) is 0. The predicted molar refractivity (Wildman–Crippen MR) is 93.2 cm³/mol. The van der Waals surface area contributed by atoms with Crippen molar-refractivity contribution in [2.24, 2.45) is 0 Å². The number of ether oxygens (including phenoxy) is 2. The number of rotatable bonds is 3. The fraction of sp³-hybridized carbons (Fsp3) is 0.316. The quantitative estimate of drug-likeness (QED) is 0.913. The first-order chi connectivity index (χ1) is 11.6. The number of carbonyl (C=O) groups is 1. The summed E-state index contributed by atoms with van der Waals surface area (Å²) in [6.45, 7) is 3.05. The molecule has 1 aliphatic carbocycles. The second-order valence-electron chi connectivity index (χ2n) is 6.35. The lowest BCUT2D eigenvalue weighted by Gasteiger charge is -2.22. The molecule has 1 saturated carbocycles. The minimum Gasteiger partial charge on any atom is -0.486 e. The summed E-state index contributed by atoms with van der Waals surface area (Å²) in [5.41, 5.74) is 2.25. The van der Waals surface area contributed by atoms with Gasteiger partial charge in [0.15, 0.2) is 11.5 Å². The number of hydrogen-bond acceptors (Lipinski definition) is 3. The van der Waals surface area contributed by atoms with Crippen molar-refractivity contribution in [3.63, 3.8) is 0 Å². The lowest BCUT2D eigenvalue weighted by molar-refractivity contribution is -0.118. The van der Waals surface area contributed by atoms with E-state index in [2.05, 4.69) is 5.32 Å². The number of nitrogens with one attached hydrogen (secondary N) is 1. The van der Waals surface area contributed by atoms with E-state index in [1.54, 1.807) is 6.07 Å². The third kappa shape index (κ3) is 2.61. The molecule has 0 aromatic heterocycles. The normalized spacial score (nSPS) is 17.2. The Morgan fingerprint density at radius 3 is 2.58 bits per heavy atom. The first-order valence-electron chi connectivity index (χ1n) is 8.06. The van der Waals surface area contributed by atoms with Crippen LogP contribution in [0.1, 0.15) is 24.0 Å². The molecule has 1 aliphatic heterocycles. The molecule has 0 saturated heterocycles. The van der Waals surface area contributed by atoms with Crippen LogP contribution >= 0.6 is 11.6 Å². The Morgan fingerprint density at radius 1 is 1.08 bits per heavy atom. The highest BCUT2D eigenvalue weighted by atomic mass is 35.5.